The highest BCUT2D eigenvalue weighted by molar-refractivity contribution is 6.32. The molecule has 2 saturated heterocycles. The molecule has 11 nitrogen and oxygen atoms in total. The second-order valence-electron chi connectivity index (χ2n) is 9.10. The summed E-state index contributed by atoms with van der Waals surface area (Å²) in [5, 5.41) is 2.82. The first-order valence-corrected chi connectivity index (χ1v) is 12.4. The Balaban J connectivity index is 1.41. The number of likely N-dealkylation sites (N-methyl/N-ethyl adjacent to an activating group) is 1. The van der Waals surface area contributed by atoms with Crippen LogP contribution in [-0.4, -0.2) is 75.3 Å². The second-order valence-corrected chi connectivity index (χ2v) is 9.51. The van der Waals surface area contributed by atoms with E-state index >= 15 is 0 Å². The van der Waals surface area contributed by atoms with Gasteiger partial charge in [-0.2, -0.15) is 0 Å². The number of aromatic nitrogens is 3. The van der Waals surface area contributed by atoms with Crippen molar-refractivity contribution in [1.82, 2.24) is 24.8 Å². The topological polar surface area (TPSA) is 127 Å². The Hall–Kier alpha value is -4.25. The van der Waals surface area contributed by atoms with Crippen molar-refractivity contribution in [1.29, 1.82) is 0 Å². The van der Waals surface area contributed by atoms with Crippen LogP contribution in [0, 0.1) is 6.92 Å². The summed E-state index contributed by atoms with van der Waals surface area (Å²) in [6.07, 6.45) is 5.20. The number of likely N-dealkylation sites (tertiary alicyclic amines) is 2. The third kappa shape index (κ3) is 5.52. The minimum Gasteiger partial charge on any atom is -0.480 e. The van der Waals surface area contributed by atoms with Crippen LogP contribution in [0.3, 0.4) is 0 Å². The normalized spacial score (nSPS) is 16.7. The summed E-state index contributed by atoms with van der Waals surface area (Å²) in [7, 11) is 1.71. The summed E-state index contributed by atoms with van der Waals surface area (Å²) in [4.78, 5) is 53.7. The number of nitrogens with one attached hydrogen (secondary N) is 1. The zero-order valence-electron chi connectivity index (χ0n) is 20.8. The van der Waals surface area contributed by atoms with Crippen molar-refractivity contribution in [3.63, 3.8) is 0 Å². The fraction of sp³-hybridized carbons (Fsp3) is 0.308. The van der Waals surface area contributed by atoms with E-state index in [0.717, 1.165) is 6.42 Å². The summed E-state index contributed by atoms with van der Waals surface area (Å²) in [6, 6.07) is 6.05. The molecule has 1 aromatic carbocycles. The van der Waals surface area contributed by atoms with E-state index in [0.29, 0.717) is 37.3 Å². The molecule has 4 heterocycles. The van der Waals surface area contributed by atoms with Crippen LogP contribution in [0.5, 0.6) is 17.4 Å². The maximum Gasteiger partial charge on any atom is 0.263 e. The summed E-state index contributed by atoms with van der Waals surface area (Å²) in [5.41, 5.74) is 1.27. The number of aryl methyl sites for hydroxylation is 1. The first kappa shape index (κ1) is 25.4. The summed E-state index contributed by atoms with van der Waals surface area (Å²) in [5.74, 6) is 0.0180. The van der Waals surface area contributed by atoms with E-state index in [4.69, 9.17) is 21.1 Å². The largest absolute Gasteiger partial charge is 0.480 e. The van der Waals surface area contributed by atoms with Crippen LogP contribution in [0.15, 0.2) is 42.9 Å². The fourth-order valence-electron chi connectivity index (χ4n) is 3.97. The van der Waals surface area contributed by atoms with Crippen LogP contribution >= 0.6 is 11.6 Å². The number of pyridine rings is 1. The Morgan fingerprint density at radius 2 is 1.79 bits per heavy atom. The average molecular weight is 537 g/mol. The van der Waals surface area contributed by atoms with E-state index in [1.165, 1.54) is 36.8 Å². The molecule has 38 heavy (non-hydrogen) atoms. The summed E-state index contributed by atoms with van der Waals surface area (Å²) in [6.45, 7) is 3.78. The Morgan fingerprint density at radius 1 is 1.00 bits per heavy atom. The molecule has 2 aromatic heterocycles. The van der Waals surface area contributed by atoms with Crippen LogP contribution in [0.1, 0.15) is 39.3 Å². The van der Waals surface area contributed by atoms with Gasteiger partial charge in [0.2, 0.25) is 5.88 Å². The van der Waals surface area contributed by atoms with Gasteiger partial charge in [0.1, 0.15) is 16.5 Å². The molecule has 3 aromatic rings. The van der Waals surface area contributed by atoms with Crippen molar-refractivity contribution >= 4 is 35.1 Å². The summed E-state index contributed by atoms with van der Waals surface area (Å²) < 4.78 is 11.8. The predicted molar refractivity (Wildman–Crippen MR) is 138 cm³/mol. The molecular formula is C26H25ClN6O5. The molecule has 1 unspecified atom stereocenters. The van der Waals surface area contributed by atoms with E-state index < -0.39 is 12.0 Å². The van der Waals surface area contributed by atoms with Gasteiger partial charge in [0, 0.05) is 50.9 Å². The molecule has 0 radical (unpaired) electrons. The van der Waals surface area contributed by atoms with Crippen LogP contribution in [-0.2, 0) is 4.79 Å². The van der Waals surface area contributed by atoms with E-state index in [2.05, 4.69) is 20.3 Å². The van der Waals surface area contributed by atoms with Crippen LogP contribution in [0.25, 0.3) is 0 Å². The molecule has 0 aliphatic carbocycles. The quantitative estimate of drug-likeness (QED) is 0.487. The molecule has 5 rings (SSSR count). The highest BCUT2D eigenvalue weighted by atomic mass is 35.5. The van der Waals surface area contributed by atoms with Gasteiger partial charge < -0.3 is 24.6 Å². The first-order valence-electron chi connectivity index (χ1n) is 12.1. The average Bonchev–Trinajstić information content (AvgIpc) is 3.17. The van der Waals surface area contributed by atoms with Crippen molar-refractivity contribution in [3.8, 4) is 17.4 Å². The van der Waals surface area contributed by atoms with Crippen molar-refractivity contribution in [2.75, 3.05) is 32.0 Å². The van der Waals surface area contributed by atoms with Gasteiger partial charge in [0.25, 0.3) is 17.7 Å². The van der Waals surface area contributed by atoms with E-state index in [9.17, 15) is 14.4 Å². The van der Waals surface area contributed by atoms with Gasteiger partial charge >= 0.3 is 0 Å². The van der Waals surface area contributed by atoms with Crippen LogP contribution in [0.2, 0.25) is 5.02 Å². The number of hydrogen-bond acceptors (Lipinski definition) is 8. The maximum atomic E-state index is 13.0. The molecule has 0 saturated carbocycles. The first-order chi connectivity index (χ1) is 18.3. The highest BCUT2D eigenvalue weighted by Gasteiger charge is 2.31. The molecule has 0 spiro atoms. The third-order valence-electron chi connectivity index (χ3n) is 6.23. The smallest absolute Gasteiger partial charge is 0.263 e. The lowest BCUT2D eigenvalue weighted by Crippen LogP contribution is -2.42. The number of carbonyl (C=O) groups is 3. The number of nitrogens with zero attached hydrogens (tertiary/aromatic N) is 5. The van der Waals surface area contributed by atoms with Crippen molar-refractivity contribution < 1.29 is 23.9 Å². The van der Waals surface area contributed by atoms with Gasteiger partial charge in [-0.25, -0.2) is 9.97 Å². The Morgan fingerprint density at radius 3 is 2.42 bits per heavy atom. The number of rotatable bonds is 7. The molecule has 1 atom stereocenters. The van der Waals surface area contributed by atoms with Gasteiger partial charge in [-0.1, -0.05) is 11.6 Å². The van der Waals surface area contributed by atoms with Crippen molar-refractivity contribution in [2.24, 2.45) is 0 Å². The number of ether oxygens (including phenoxy) is 2. The van der Waals surface area contributed by atoms with E-state index in [1.54, 1.807) is 29.8 Å². The number of amides is 3. The standard InChI is InChI=1S/C26H25ClN6O5/c1-15-12-29-22(14-28-15)31-23(34)16-8-18(37-21-4-7-32(2)26(21)36)11-19(9-16)38-24-20(27)10-17(13-30-24)25(35)33-5-3-6-33/h8-14,21H,3-7H2,1-2H3,(H,29,31,34). The lowest BCUT2D eigenvalue weighted by molar-refractivity contribution is -0.132. The Labute approximate surface area is 223 Å². The highest BCUT2D eigenvalue weighted by Crippen LogP contribution is 2.32. The van der Waals surface area contributed by atoms with Crippen molar-refractivity contribution in [2.45, 2.75) is 25.9 Å². The number of benzene rings is 1. The zero-order valence-corrected chi connectivity index (χ0v) is 21.6. The monoisotopic (exact) mass is 536 g/mol. The molecule has 12 heteroatoms. The van der Waals surface area contributed by atoms with Gasteiger partial charge in [-0.15, -0.1) is 0 Å². The van der Waals surface area contributed by atoms with E-state index in [1.807, 2.05) is 0 Å². The maximum absolute atomic E-state index is 13.0. The molecule has 196 valence electrons. The predicted octanol–water partition coefficient (Wildman–Crippen LogP) is 3.33. The third-order valence-corrected chi connectivity index (χ3v) is 6.50. The Kier molecular flexibility index (Phi) is 7.10. The number of halogens is 1. The zero-order chi connectivity index (χ0) is 26.8. The van der Waals surface area contributed by atoms with Crippen molar-refractivity contribution in [3.05, 3.63) is 64.7 Å². The van der Waals surface area contributed by atoms with Crippen LogP contribution in [0.4, 0.5) is 5.82 Å². The van der Waals surface area contributed by atoms with Crippen LogP contribution < -0.4 is 14.8 Å². The molecular weight excluding hydrogens is 512 g/mol. The molecule has 2 aliphatic rings. The molecule has 2 aliphatic heterocycles. The molecule has 2 fully saturated rings. The van der Waals surface area contributed by atoms with E-state index in [-0.39, 0.29) is 45.6 Å². The van der Waals surface area contributed by atoms with Gasteiger partial charge in [0.05, 0.1) is 23.7 Å². The number of anilines is 1. The number of hydrogen-bond donors (Lipinski definition) is 1. The lowest BCUT2D eigenvalue weighted by atomic mass is 10.1. The minimum atomic E-state index is -0.678. The summed E-state index contributed by atoms with van der Waals surface area (Å²) >= 11 is 6.39. The fourth-order valence-corrected chi connectivity index (χ4v) is 4.18. The minimum absolute atomic E-state index is 0.0522. The Bertz CT molecular complexity index is 1400. The van der Waals surface area contributed by atoms with Gasteiger partial charge in [-0.05, 0) is 31.5 Å². The molecule has 1 N–H and O–H groups in total. The molecule has 3 amide bonds. The second kappa shape index (κ2) is 10.6. The van der Waals surface area contributed by atoms with Gasteiger partial charge in [0.15, 0.2) is 11.9 Å². The SMILES string of the molecule is Cc1cnc(NC(=O)c2cc(Oc3ncc(C(=O)N4CCC4)cc3Cl)cc(OC3CCN(C)C3=O)c2)cn1. The number of carbonyl (C=O) groups excluding carboxylic acids is 3. The van der Waals surface area contributed by atoms with Gasteiger partial charge in [-0.3, -0.25) is 19.4 Å². The lowest BCUT2D eigenvalue weighted by Gasteiger charge is -2.30. The molecule has 0 bridgehead atoms.